The molecule has 5 nitrogen and oxygen atoms in total. The van der Waals surface area contributed by atoms with E-state index in [4.69, 9.17) is 14.5 Å². The second kappa shape index (κ2) is 7.51. The molecule has 0 aliphatic rings. The van der Waals surface area contributed by atoms with Gasteiger partial charge in [-0.15, -0.1) is 0 Å². The van der Waals surface area contributed by atoms with Gasteiger partial charge in [0.05, 0.1) is 14.2 Å². The van der Waals surface area contributed by atoms with Gasteiger partial charge in [-0.1, -0.05) is 24.3 Å². The lowest BCUT2D eigenvalue weighted by Gasteiger charge is -2.15. The summed E-state index contributed by atoms with van der Waals surface area (Å²) < 4.78 is 13.2. The number of methoxy groups -OCH3 is 2. The minimum atomic E-state index is 0.747. The van der Waals surface area contributed by atoms with Crippen LogP contribution in [0.4, 0.5) is 11.5 Å². The molecule has 0 bridgehead atoms. The van der Waals surface area contributed by atoms with Crippen molar-refractivity contribution in [2.75, 3.05) is 19.5 Å². The summed E-state index contributed by atoms with van der Waals surface area (Å²) in [7, 11) is 3.33. The summed E-state index contributed by atoms with van der Waals surface area (Å²) in [6.45, 7) is 6.28. The van der Waals surface area contributed by atoms with Gasteiger partial charge in [-0.25, -0.2) is 4.98 Å². The van der Waals surface area contributed by atoms with Crippen LogP contribution in [0.3, 0.4) is 0 Å². The molecule has 0 radical (unpaired) electrons. The van der Waals surface area contributed by atoms with Gasteiger partial charge < -0.3 is 14.8 Å². The van der Waals surface area contributed by atoms with Gasteiger partial charge in [0.15, 0.2) is 0 Å². The Morgan fingerprint density at radius 3 is 2.28 bits per heavy atom. The van der Waals surface area contributed by atoms with Crippen molar-refractivity contribution in [2.45, 2.75) is 20.8 Å². The van der Waals surface area contributed by atoms with Crippen molar-refractivity contribution in [1.82, 2.24) is 9.38 Å². The fourth-order valence-electron chi connectivity index (χ4n) is 3.64. The summed E-state index contributed by atoms with van der Waals surface area (Å²) in [4.78, 5) is 4.99. The number of hydrogen-bond donors (Lipinski definition) is 1. The van der Waals surface area contributed by atoms with Gasteiger partial charge in [-0.3, -0.25) is 4.40 Å². The molecule has 2 aromatic heterocycles. The molecule has 0 amide bonds. The summed E-state index contributed by atoms with van der Waals surface area (Å²) in [5.41, 5.74) is 7.14. The van der Waals surface area contributed by atoms with Crippen molar-refractivity contribution in [1.29, 1.82) is 0 Å². The molecule has 148 valence electrons. The molecule has 4 aromatic rings. The predicted molar refractivity (Wildman–Crippen MR) is 118 cm³/mol. The van der Waals surface area contributed by atoms with Crippen LogP contribution in [0, 0.1) is 20.8 Å². The van der Waals surface area contributed by atoms with E-state index in [1.54, 1.807) is 14.2 Å². The highest BCUT2D eigenvalue weighted by atomic mass is 16.5. The van der Waals surface area contributed by atoms with Crippen LogP contribution >= 0.6 is 0 Å². The number of fused-ring (bicyclic) bond motifs is 1. The summed E-state index contributed by atoms with van der Waals surface area (Å²) in [6.07, 6.45) is 2.03. The topological polar surface area (TPSA) is 47.8 Å². The number of aryl methyl sites for hydroxylation is 3. The second-order valence-electron chi connectivity index (χ2n) is 7.15. The number of para-hydroxylation sites is 1. The zero-order chi connectivity index (χ0) is 20.5. The van der Waals surface area contributed by atoms with E-state index in [1.165, 1.54) is 11.1 Å². The van der Waals surface area contributed by atoms with Gasteiger partial charge in [0, 0.05) is 17.4 Å². The first kappa shape index (κ1) is 18.9. The number of nitrogens with zero attached hydrogens (tertiary/aromatic N) is 2. The number of rotatable bonds is 5. The van der Waals surface area contributed by atoms with Gasteiger partial charge >= 0.3 is 0 Å². The standard InChI is InChI=1S/C24H25N3O2/c1-15-8-6-9-16(2)21(15)25-24-22(26-23-17(3)10-7-13-27(23)24)19-14-18(28-4)11-12-20(19)29-5/h6-14,25H,1-5H3. The molecule has 0 aliphatic carbocycles. The fraction of sp³-hybridized carbons (Fsp3) is 0.208. The highest BCUT2D eigenvalue weighted by Crippen LogP contribution is 2.39. The van der Waals surface area contributed by atoms with E-state index in [0.29, 0.717) is 0 Å². The molecule has 2 aromatic carbocycles. The summed E-state index contributed by atoms with van der Waals surface area (Å²) in [5, 5.41) is 3.65. The van der Waals surface area contributed by atoms with Crippen molar-refractivity contribution < 1.29 is 9.47 Å². The van der Waals surface area contributed by atoms with E-state index in [9.17, 15) is 0 Å². The highest BCUT2D eigenvalue weighted by Gasteiger charge is 2.20. The molecule has 0 unspecified atom stereocenters. The van der Waals surface area contributed by atoms with E-state index in [1.807, 2.05) is 30.5 Å². The van der Waals surface area contributed by atoms with Gasteiger partial charge in [-0.05, 0) is 61.7 Å². The average molecular weight is 387 g/mol. The van der Waals surface area contributed by atoms with E-state index < -0.39 is 0 Å². The Balaban J connectivity index is 2.00. The quantitative estimate of drug-likeness (QED) is 0.478. The number of imidazole rings is 1. The monoisotopic (exact) mass is 387 g/mol. The smallest absolute Gasteiger partial charge is 0.143 e. The lowest BCUT2D eigenvalue weighted by Crippen LogP contribution is -2.01. The Morgan fingerprint density at radius 2 is 1.59 bits per heavy atom. The zero-order valence-corrected chi connectivity index (χ0v) is 17.4. The Labute approximate surface area is 170 Å². The molecular formula is C24H25N3O2. The maximum absolute atomic E-state index is 5.65. The molecule has 29 heavy (non-hydrogen) atoms. The van der Waals surface area contributed by atoms with Crippen LogP contribution in [-0.4, -0.2) is 23.6 Å². The molecule has 0 atom stereocenters. The minimum absolute atomic E-state index is 0.747. The number of ether oxygens (including phenoxy) is 2. The summed E-state index contributed by atoms with van der Waals surface area (Å²) >= 11 is 0. The fourth-order valence-corrected chi connectivity index (χ4v) is 3.64. The first-order valence-corrected chi connectivity index (χ1v) is 9.56. The van der Waals surface area contributed by atoms with E-state index in [2.05, 4.69) is 54.8 Å². The zero-order valence-electron chi connectivity index (χ0n) is 17.4. The van der Waals surface area contributed by atoms with Crippen molar-refractivity contribution >= 4 is 17.2 Å². The molecule has 4 rings (SSSR count). The van der Waals surface area contributed by atoms with Crippen LogP contribution in [-0.2, 0) is 0 Å². The number of aromatic nitrogens is 2. The first-order chi connectivity index (χ1) is 14.0. The summed E-state index contributed by atoms with van der Waals surface area (Å²) in [6, 6.07) is 16.2. The minimum Gasteiger partial charge on any atom is -0.497 e. The molecule has 2 heterocycles. The third-order valence-corrected chi connectivity index (χ3v) is 5.23. The normalized spacial score (nSPS) is 10.9. The maximum atomic E-state index is 5.65. The molecule has 0 aliphatic heterocycles. The van der Waals surface area contributed by atoms with Crippen LogP contribution in [0.2, 0.25) is 0 Å². The number of hydrogen-bond acceptors (Lipinski definition) is 4. The molecule has 0 spiro atoms. The maximum Gasteiger partial charge on any atom is 0.143 e. The lowest BCUT2D eigenvalue weighted by atomic mass is 10.1. The number of anilines is 2. The Kier molecular flexibility index (Phi) is 4.89. The molecule has 5 heteroatoms. The van der Waals surface area contributed by atoms with Crippen LogP contribution in [0.1, 0.15) is 16.7 Å². The molecule has 1 N–H and O–H groups in total. The first-order valence-electron chi connectivity index (χ1n) is 9.56. The number of nitrogens with one attached hydrogen (secondary N) is 1. The lowest BCUT2D eigenvalue weighted by molar-refractivity contribution is 0.404. The van der Waals surface area contributed by atoms with E-state index in [0.717, 1.165) is 45.5 Å². The van der Waals surface area contributed by atoms with Crippen LogP contribution < -0.4 is 14.8 Å². The van der Waals surface area contributed by atoms with Crippen molar-refractivity contribution in [3.05, 3.63) is 71.4 Å². The molecule has 0 fully saturated rings. The van der Waals surface area contributed by atoms with Crippen LogP contribution in [0.5, 0.6) is 11.5 Å². The Bertz CT molecular complexity index is 1170. The Hall–Kier alpha value is -3.47. The molecule has 0 saturated heterocycles. The van der Waals surface area contributed by atoms with E-state index in [-0.39, 0.29) is 0 Å². The number of benzene rings is 2. The SMILES string of the molecule is COc1ccc(OC)c(-c2nc3c(C)cccn3c2Nc2c(C)cccc2C)c1. The third kappa shape index (κ3) is 3.29. The Morgan fingerprint density at radius 1 is 0.862 bits per heavy atom. The van der Waals surface area contributed by atoms with Crippen LogP contribution in [0.25, 0.3) is 16.9 Å². The van der Waals surface area contributed by atoms with Gasteiger partial charge in [0.25, 0.3) is 0 Å². The molecule has 0 saturated carbocycles. The van der Waals surface area contributed by atoms with Crippen molar-refractivity contribution in [3.8, 4) is 22.8 Å². The highest BCUT2D eigenvalue weighted by molar-refractivity contribution is 5.84. The van der Waals surface area contributed by atoms with Gasteiger partial charge in [-0.2, -0.15) is 0 Å². The van der Waals surface area contributed by atoms with Crippen molar-refractivity contribution in [2.24, 2.45) is 0 Å². The van der Waals surface area contributed by atoms with Gasteiger partial charge in [0.1, 0.15) is 28.7 Å². The largest absolute Gasteiger partial charge is 0.497 e. The third-order valence-electron chi connectivity index (χ3n) is 5.23. The van der Waals surface area contributed by atoms with Crippen LogP contribution in [0.15, 0.2) is 54.7 Å². The van der Waals surface area contributed by atoms with Gasteiger partial charge in [0.2, 0.25) is 0 Å². The average Bonchev–Trinajstić information content (AvgIpc) is 3.10. The molecular weight excluding hydrogens is 362 g/mol. The summed E-state index contributed by atoms with van der Waals surface area (Å²) in [5.74, 6) is 2.40. The predicted octanol–water partition coefficient (Wildman–Crippen LogP) is 5.69. The van der Waals surface area contributed by atoms with E-state index >= 15 is 0 Å². The second-order valence-corrected chi connectivity index (χ2v) is 7.15. The van der Waals surface area contributed by atoms with Crippen molar-refractivity contribution in [3.63, 3.8) is 0 Å². The number of pyridine rings is 1.